The summed E-state index contributed by atoms with van der Waals surface area (Å²) >= 11 is 0. The van der Waals surface area contributed by atoms with E-state index < -0.39 is 0 Å². The molecule has 0 atom stereocenters. The van der Waals surface area contributed by atoms with Crippen LogP contribution in [0.25, 0.3) is 51.4 Å². The standard InChI is InChI=1S/C68H54N4/c1-45-12-8-10-14-65(45)71(53-30-24-51(44-69)25-31-53)55-34-38-59-57-36-26-49(40-61(57)67(3,4)63(59)42-55)22-20-47-16-18-48(19-17-47)21-23-50-27-37-58-60-39-35-56(43-64(60)68(5,6)62(58)41-50)72(66-15-11-9-13-46(66)2)54-32-28-52(70-7)29-33-54/h8-43H,1-6H3. The van der Waals surface area contributed by atoms with Crippen molar-refractivity contribution in [2.24, 2.45) is 0 Å². The molecule has 0 aromatic heterocycles. The van der Waals surface area contributed by atoms with Crippen LogP contribution in [0, 0.1) is 31.8 Å². The van der Waals surface area contributed by atoms with Gasteiger partial charge in [-0.15, -0.1) is 0 Å². The molecule has 0 saturated heterocycles. The molecule has 11 rings (SSSR count). The van der Waals surface area contributed by atoms with Crippen molar-refractivity contribution in [1.29, 1.82) is 5.26 Å². The highest BCUT2D eigenvalue weighted by Gasteiger charge is 2.38. The van der Waals surface area contributed by atoms with Gasteiger partial charge in [-0.05, 0) is 165 Å². The Labute approximate surface area is 424 Å². The zero-order valence-corrected chi connectivity index (χ0v) is 41.6. The number of nitrogens with zero attached hydrogens (tertiary/aromatic N) is 4. The van der Waals surface area contributed by atoms with Crippen LogP contribution < -0.4 is 9.80 Å². The molecule has 0 fully saturated rings. The van der Waals surface area contributed by atoms with Gasteiger partial charge in [0.1, 0.15) is 0 Å². The Morgan fingerprint density at radius 3 is 1.17 bits per heavy atom. The van der Waals surface area contributed by atoms with Crippen LogP contribution in [0.3, 0.4) is 0 Å². The van der Waals surface area contributed by atoms with Gasteiger partial charge in [-0.1, -0.05) is 173 Å². The average Bonchev–Trinajstić information content (AvgIpc) is 3.77. The van der Waals surface area contributed by atoms with Crippen molar-refractivity contribution >= 4 is 64.1 Å². The first-order valence-corrected chi connectivity index (χ1v) is 24.7. The Kier molecular flexibility index (Phi) is 11.4. The SMILES string of the molecule is [C-]#[N+]c1ccc(N(c2ccc3c(c2)C(C)(C)c2cc(C=Cc4ccc(C=Cc5ccc6c(c5)C(C)(C)c5cc(N(c7ccc(C#N)cc7)c7ccccc7C)ccc5-6)cc4)ccc2-3)c2ccccc2C)cc1. The largest absolute Gasteiger partial charge is 0.310 e. The number of para-hydroxylation sites is 2. The molecule has 9 aromatic carbocycles. The summed E-state index contributed by atoms with van der Waals surface area (Å²) in [5.41, 5.74) is 24.7. The summed E-state index contributed by atoms with van der Waals surface area (Å²) in [7, 11) is 0. The third-order valence-corrected chi connectivity index (χ3v) is 15.0. The second kappa shape index (κ2) is 18.1. The molecule has 0 N–H and O–H groups in total. The maximum atomic E-state index is 9.51. The molecule has 0 bridgehead atoms. The van der Waals surface area contributed by atoms with Crippen molar-refractivity contribution in [3.05, 3.63) is 267 Å². The Balaban J connectivity index is 0.802. The van der Waals surface area contributed by atoms with Gasteiger partial charge in [0.25, 0.3) is 0 Å². The number of aryl methyl sites for hydroxylation is 2. The second-order valence-corrected chi connectivity index (χ2v) is 20.2. The highest BCUT2D eigenvalue weighted by Crippen LogP contribution is 2.53. The quantitative estimate of drug-likeness (QED) is 0.101. The number of nitriles is 1. The monoisotopic (exact) mass is 926 g/mol. The molecule has 0 spiro atoms. The summed E-state index contributed by atoms with van der Waals surface area (Å²) in [6.45, 7) is 21.1. The third-order valence-electron chi connectivity index (χ3n) is 15.0. The lowest BCUT2D eigenvalue weighted by Crippen LogP contribution is -2.17. The van der Waals surface area contributed by atoms with E-state index in [2.05, 4.69) is 232 Å². The van der Waals surface area contributed by atoms with E-state index >= 15 is 0 Å². The van der Waals surface area contributed by atoms with Gasteiger partial charge in [-0.25, -0.2) is 4.85 Å². The first kappa shape index (κ1) is 45.5. The topological polar surface area (TPSA) is 34.6 Å². The van der Waals surface area contributed by atoms with E-state index in [0.29, 0.717) is 11.3 Å². The van der Waals surface area contributed by atoms with Crippen molar-refractivity contribution in [2.45, 2.75) is 52.4 Å². The Morgan fingerprint density at radius 1 is 0.417 bits per heavy atom. The Morgan fingerprint density at radius 2 is 0.764 bits per heavy atom. The van der Waals surface area contributed by atoms with Gasteiger partial charge < -0.3 is 9.80 Å². The lowest BCUT2D eigenvalue weighted by atomic mass is 9.81. The van der Waals surface area contributed by atoms with Crippen molar-refractivity contribution in [3.63, 3.8) is 0 Å². The van der Waals surface area contributed by atoms with Crippen LogP contribution in [0.2, 0.25) is 0 Å². The van der Waals surface area contributed by atoms with Crippen LogP contribution in [0.1, 0.15) is 88.9 Å². The van der Waals surface area contributed by atoms with Crippen molar-refractivity contribution in [1.82, 2.24) is 0 Å². The van der Waals surface area contributed by atoms with E-state index in [-0.39, 0.29) is 10.8 Å². The van der Waals surface area contributed by atoms with Crippen molar-refractivity contribution in [3.8, 4) is 28.3 Å². The lowest BCUT2D eigenvalue weighted by Gasteiger charge is -2.29. The fourth-order valence-electron chi connectivity index (χ4n) is 10.9. The van der Waals surface area contributed by atoms with Crippen LogP contribution >= 0.6 is 0 Å². The van der Waals surface area contributed by atoms with Crippen LogP contribution in [0.15, 0.2) is 194 Å². The maximum absolute atomic E-state index is 9.51. The summed E-state index contributed by atoms with van der Waals surface area (Å²) in [5.74, 6) is 0. The van der Waals surface area contributed by atoms with Gasteiger partial charge in [0.05, 0.1) is 18.2 Å². The van der Waals surface area contributed by atoms with Gasteiger partial charge in [0.15, 0.2) is 5.69 Å². The molecule has 4 nitrogen and oxygen atoms in total. The highest BCUT2D eigenvalue weighted by molar-refractivity contribution is 5.89. The summed E-state index contributed by atoms with van der Waals surface area (Å²) in [5, 5.41) is 9.51. The van der Waals surface area contributed by atoms with E-state index in [0.717, 1.165) is 45.3 Å². The zero-order valence-electron chi connectivity index (χ0n) is 41.6. The maximum Gasteiger partial charge on any atom is 0.187 e. The molecule has 9 aromatic rings. The number of hydrogen-bond donors (Lipinski definition) is 0. The van der Waals surface area contributed by atoms with Crippen LogP contribution in [0.4, 0.5) is 39.8 Å². The van der Waals surface area contributed by atoms with E-state index in [1.165, 1.54) is 66.8 Å². The first-order valence-electron chi connectivity index (χ1n) is 24.7. The summed E-state index contributed by atoms with van der Waals surface area (Å²) in [6, 6.07) is 71.2. The van der Waals surface area contributed by atoms with E-state index in [1.807, 2.05) is 48.5 Å². The van der Waals surface area contributed by atoms with E-state index in [9.17, 15) is 5.26 Å². The molecule has 4 heteroatoms. The summed E-state index contributed by atoms with van der Waals surface area (Å²) in [4.78, 5) is 8.24. The van der Waals surface area contributed by atoms with Gasteiger partial charge in [-0.2, -0.15) is 5.26 Å². The van der Waals surface area contributed by atoms with Crippen LogP contribution in [-0.2, 0) is 10.8 Å². The van der Waals surface area contributed by atoms with Gasteiger partial charge in [-0.3, -0.25) is 0 Å². The molecule has 0 radical (unpaired) electrons. The Hall–Kier alpha value is -8.96. The molecule has 72 heavy (non-hydrogen) atoms. The van der Waals surface area contributed by atoms with E-state index in [4.69, 9.17) is 6.57 Å². The fourth-order valence-corrected chi connectivity index (χ4v) is 10.9. The molecule has 346 valence electrons. The van der Waals surface area contributed by atoms with Crippen LogP contribution in [0.5, 0.6) is 0 Å². The zero-order chi connectivity index (χ0) is 49.7. The molecule has 2 aliphatic rings. The Bertz CT molecular complexity index is 3480. The van der Waals surface area contributed by atoms with E-state index in [1.54, 1.807) is 0 Å². The fraction of sp³-hybridized carbons (Fsp3) is 0.118. The molecule has 0 amide bonds. The molecule has 0 saturated carbocycles. The predicted molar refractivity (Wildman–Crippen MR) is 302 cm³/mol. The second-order valence-electron chi connectivity index (χ2n) is 20.2. The minimum Gasteiger partial charge on any atom is -0.310 e. The summed E-state index contributed by atoms with van der Waals surface area (Å²) < 4.78 is 0. The number of anilines is 6. The van der Waals surface area contributed by atoms with Crippen molar-refractivity contribution < 1.29 is 0 Å². The molecular weight excluding hydrogens is 873 g/mol. The summed E-state index contributed by atoms with van der Waals surface area (Å²) in [6.07, 6.45) is 8.86. The third kappa shape index (κ3) is 8.08. The van der Waals surface area contributed by atoms with Crippen molar-refractivity contribution in [2.75, 3.05) is 9.80 Å². The van der Waals surface area contributed by atoms with Gasteiger partial charge >= 0.3 is 0 Å². The minimum absolute atomic E-state index is 0.205. The molecular formula is C68H54N4. The van der Waals surface area contributed by atoms with Gasteiger partial charge in [0.2, 0.25) is 0 Å². The first-order chi connectivity index (χ1) is 34.9. The number of rotatable bonds is 10. The highest BCUT2D eigenvalue weighted by atomic mass is 15.1. The average molecular weight is 927 g/mol. The minimum atomic E-state index is -0.207. The number of fused-ring (bicyclic) bond motifs is 6. The van der Waals surface area contributed by atoms with Gasteiger partial charge in [0, 0.05) is 45.0 Å². The molecule has 0 heterocycles. The lowest BCUT2D eigenvalue weighted by molar-refractivity contribution is 0.660. The molecule has 0 unspecified atom stereocenters. The van der Waals surface area contributed by atoms with Crippen LogP contribution in [-0.4, -0.2) is 0 Å². The number of hydrogen-bond acceptors (Lipinski definition) is 3. The number of benzene rings is 9. The molecule has 0 aliphatic heterocycles. The normalized spacial score (nSPS) is 13.5. The molecule has 2 aliphatic carbocycles. The predicted octanol–water partition coefficient (Wildman–Crippen LogP) is 18.6. The smallest absolute Gasteiger partial charge is 0.187 e.